The van der Waals surface area contributed by atoms with Crippen molar-refractivity contribution in [1.82, 2.24) is 5.32 Å². The fraction of sp³-hybridized carbons (Fsp3) is 0.538. The van der Waals surface area contributed by atoms with E-state index in [9.17, 15) is 0 Å². The van der Waals surface area contributed by atoms with E-state index in [-0.39, 0.29) is 0 Å². The number of halogens is 1. The largest absolute Gasteiger partial charge is 0.310 e. The second-order valence-corrected chi connectivity index (χ2v) is 5.29. The molecule has 0 heterocycles. The third-order valence-electron chi connectivity index (χ3n) is 2.60. The summed E-state index contributed by atoms with van der Waals surface area (Å²) in [6.07, 6.45) is 4.67. The highest BCUT2D eigenvalue weighted by molar-refractivity contribution is 7.98. The molecule has 0 aliphatic carbocycles. The highest BCUT2D eigenvalue weighted by Gasteiger charge is 2.07. The molecule has 0 aromatic heterocycles. The smallest absolute Gasteiger partial charge is 0.0453 e. The fourth-order valence-corrected chi connectivity index (χ4v) is 2.42. The molecule has 0 aliphatic heterocycles. The van der Waals surface area contributed by atoms with Crippen LogP contribution in [0.25, 0.3) is 0 Å². The Hall–Kier alpha value is -0.180. The van der Waals surface area contributed by atoms with Crippen LogP contribution in [0.1, 0.15) is 31.4 Å². The second kappa shape index (κ2) is 7.99. The fourth-order valence-electron chi connectivity index (χ4n) is 1.63. The van der Waals surface area contributed by atoms with E-state index in [4.69, 9.17) is 11.6 Å². The average molecular weight is 258 g/mol. The molecule has 0 unspecified atom stereocenters. The quantitative estimate of drug-likeness (QED) is 0.737. The van der Waals surface area contributed by atoms with E-state index in [1.54, 1.807) is 0 Å². The van der Waals surface area contributed by atoms with E-state index >= 15 is 0 Å². The standard InChI is InChI=1S/C13H20ClNS/c1-11(15-9-5-6-10-16-2)12-7-3-4-8-13(12)14/h3-4,7-8,11,15H,5-6,9-10H2,1-2H3/t11-/m1/s1. The molecule has 0 spiro atoms. The highest BCUT2D eigenvalue weighted by atomic mass is 35.5. The van der Waals surface area contributed by atoms with Crippen LogP contribution in [0.15, 0.2) is 24.3 Å². The van der Waals surface area contributed by atoms with Crippen molar-refractivity contribution in [2.24, 2.45) is 0 Å². The van der Waals surface area contributed by atoms with Crippen molar-refractivity contribution in [1.29, 1.82) is 0 Å². The average Bonchev–Trinajstić information content (AvgIpc) is 2.29. The van der Waals surface area contributed by atoms with Gasteiger partial charge in [-0.2, -0.15) is 11.8 Å². The number of unbranched alkanes of at least 4 members (excludes halogenated alkanes) is 1. The van der Waals surface area contributed by atoms with Crippen LogP contribution in [-0.4, -0.2) is 18.6 Å². The van der Waals surface area contributed by atoms with E-state index in [0.717, 1.165) is 11.6 Å². The molecule has 1 rings (SSSR count). The van der Waals surface area contributed by atoms with Gasteiger partial charge in [-0.25, -0.2) is 0 Å². The first-order valence-corrected chi connectivity index (χ1v) is 7.49. The first-order valence-electron chi connectivity index (χ1n) is 5.72. The van der Waals surface area contributed by atoms with Crippen molar-refractivity contribution in [3.8, 4) is 0 Å². The van der Waals surface area contributed by atoms with Gasteiger partial charge in [-0.05, 0) is 49.9 Å². The number of rotatable bonds is 7. The minimum Gasteiger partial charge on any atom is -0.310 e. The molecule has 0 bridgehead atoms. The summed E-state index contributed by atoms with van der Waals surface area (Å²) >= 11 is 8.05. The van der Waals surface area contributed by atoms with Gasteiger partial charge >= 0.3 is 0 Å². The molecule has 0 aliphatic rings. The molecule has 0 radical (unpaired) electrons. The Labute approximate surface area is 108 Å². The molecule has 1 nitrogen and oxygen atoms in total. The van der Waals surface area contributed by atoms with Crippen molar-refractivity contribution in [3.63, 3.8) is 0 Å². The van der Waals surface area contributed by atoms with Crippen LogP contribution in [0.3, 0.4) is 0 Å². The zero-order valence-corrected chi connectivity index (χ0v) is 11.6. The molecule has 1 N–H and O–H groups in total. The molecular weight excluding hydrogens is 238 g/mol. The zero-order valence-electron chi connectivity index (χ0n) is 10.0. The van der Waals surface area contributed by atoms with E-state index in [2.05, 4.69) is 24.6 Å². The summed E-state index contributed by atoms with van der Waals surface area (Å²) in [5, 5.41) is 4.36. The highest BCUT2D eigenvalue weighted by Crippen LogP contribution is 2.21. The Morgan fingerprint density at radius 1 is 1.31 bits per heavy atom. The molecule has 1 aromatic rings. The van der Waals surface area contributed by atoms with Gasteiger partial charge in [0.15, 0.2) is 0 Å². The maximum atomic E-state index is 6.14. The topological polar surface area (TPSA) is 12.0 Å². The molecule has 1 aromatic carbocycles. The van der Waals surface area contributed by atoms with Gasteiger partial charge in [0.25, 0.3) is 0 Å². The van der Waals surface area contributed by atoms with E-state index < -0.39 is 0 Å². The van der Waals surface area contributed by atoms with Gasteiger partial charge in [0.1, 0.15) is 0 Å². The lowest BCUT2D eigenvalue weighted by atomic mass is 10.1. The monoisotopic (exact) mass is 257 g/mol. The molecule has 0 saturated carbocycles. The Bertz CT molecular complexity index is 304. The maximum absolute atomic E-state index is 6.14. The third kappa shape index (κ3) is 4.77. The maximum Gasteiger partial charge on any atom is 0.0453 e. The van der Waals surface area contributed by atoms with Crippen molar-refractivity contribution >= 4 is 23.4 Å². The van der Waals surface area contributed by atoms with Crippen LogP contribution in [0.4, 0.5) is 0 Å². The molecule has 1 atom stereocenters. The molecule has 16 heavy (non-hydrogen) atoms. The summed E-state index contributed by atoms with van der Waals surface area (Å²) in [7, 11) is 0. The van der Waals surface area contributed by atoms with Gasteiger partial charge in [0, 0.05) is 11.1 Å². The van der Waals surface area contributed by atoms with Crippen LogP contribution < -0.4 is 5.32 Å². The number of benzene rings is 1. The molecule has 90 valence electrons. The zero-order chi connectivity index (χ0) is 11.8. The third-order valence-corrected chi connectivity index (χ3v) is 3.64. The molecular formula is C13H20ClNS. The van der Waals surface area contributed by atoms with Crippen LogP contribution in [0.5, 0.6) is 0 Å². The predicted octanol–water partition coefficient (Wildman–Crippen LogP) is 4.13. The van der Waals surface area contributed by atoms with Crippen LogP contribution >= 0.6 is 23.4 Å². The minimum absolute atomic E-state index is 0.336. The Morgan fingerprint density at radius 2 is 2.06 bits per heavy atom. The molecule has 3 heteroatoms. The van der Waals surface area contributed by atoms with Gasteiger partial charge in [0.2, 0.25) is 0 Å². The van der Waals surface area contributed by atoms with Crippen LogP contribution in [0.2, 0.25) is 5.02 Å². The van der Waals surface area contributed by atoms with Crippen LogP contribution in [-0.2, 0) is 0 Å². The number of nitrogens with one attached hydrogen (secondary N) is 1. The minimum atomic E-state index is 0.336. The number of hydrogen-bond donors (Lipinski definition) is 1. The Kier molecular flexibility index (Phi) is 6.93. The lowest BCUT2D eigenvalue weighted by Gasteiger charge is -2.15. The van der Waals surface area contributed by atoms with Crippen molar-refractivity contribution in [2.45, 2.75) is 25.8 Å². The van der Waals surface area contributed by atoms with Crippen molar-refractivity contribution in [2.75, 3.05) is 18.6 Å². The molecule has 0 amide bonds. The first-order chi connectivity index (χ1) is 7.75. The van der Waals surface area contributed by atoms with Gasteiger partial charge in [-0.3, -0.25) is 0 Å². The predicted molar refractivity (Wildman–Crippen MR) is 75.5 cm³/mol. The van der Waals surface area contributed by atoms with Gasteiger partial charge in [0.05, 0.1) is 0 Å². The summed E-state index contributed by atoms with van der Waals surface area (Å²) in [4.78, 5) is 0. The number of thioether (sulfide) groups is 1. The van der Waals surface area contributed by atoms with Crippen molar-refractivity contribution < 1.29 is 0 Å². The summed E-state index contributed by atoms with van der Waals surface area (Å²) in [6.45, 7) is 3.22. The van der Waals surface area contributed by atoms with E-state index in [1.165, 1.54) is 24.2 Å². The van der Waals surface area contributed by atoms with Gasteiger partial charge < -0.3 is 5.32 Å². The van der Waals surface area contributed by atoms with Crippen LogP contribution in [0, 0.1) is 0 Å². The van der Waals surface area contributed by atoms with E-state index in [0.29, 0.717) is 6.04 Å². The van der Waals surface area contributed by atoms with Gasteiger partial charge in [-0.15, -0.1) is 0 Å². The second-order valence-electron chi connectivity index (χ2n) is 3.90. The first kappa shape index (κ1) is 13.9. The summed E-state index contributed by atoms with van der Waals surface area (Å²) in [6, 6.07) is 8.37. The normalized spacial score (nSPS) is 12.7. The van der Waals surface area contributed by atoms with E-state index in [1.807, 2.05) is 30.0 Å². The SMILES string of the molecule is CSCCCCN[C@H](C)c1ccccc1Cl. The Balaban J connectivity index is 2.30. The van der Waals surface area contributed by atoms with Gasteiger partial charge in [-0.1, -0.05) is 29.8 Å². The Morgan fingerprint density at radius 3 is 2.75 bits per heavy atom. The molecule has 0 fully saturated rings. The number of hydrogen-bond acceptors (Lipinski definition) is 2. The van der Waals surface area contributed by atoms with Crippen molar-refractivity contribution in [3.05, 3.63) is 34.9 Å². The lowest BCUT2D eigenvalue weighted by Crippen LogP contribution is -2.20. The lowest BCUT2D eigenvalue weighted by molar-refractivity contribution is 0.556. The summed E-state index contributed by atoms with van der Waals surface area (Å²) in [5.74, 6) is 1.25. The summed E-state index contributed by atoms with van der Waals surface area (Å²) in [5.41, 5.74) is 1.19. The summed E-state index contributed by atoms with van der Waals surface area (Å²) < 4.78 is 0. The molecule has 0 saturated heterocycles.